The van der Waals surface area contributed by atoms with Gasteiger partial charge in [0.1, 0.15) is 4.32 Å². The van der Waals surface area contributed by atoms with Crippen molar-refractivity contribution in [2.75, 3.05) is 5.75 Å². The summed E-state index contributed by atoms with van der Waals surface area (Å²) in [5.41, 5.74) is 2.40. The van der Waals surface area contributed by atoms with Crippen molar-refractivity contribution in [3.05, 3.63) is 48.5 Å². The molecule has 1 heterocycles. The largest absolute Gasteiger partial charge is 0.295 e. The molecule has 0 saturated heterocycles. The molecular formula is C15H13NS2. The second-order valence-corrected chi connectivity index (χ2v) is 5.97. The van der Waals surface area contributed by atoms with Crippen molar-refractivity contribution in [3.63, 3.8) is 0 Å². The Kier molecular flexibility index (Phi) is 3.10. The molecule has 0 aliphatic heterocycles. The van der Waals surface area contributed by atoms with E-state index in [1.807, 2.05) is 0 Å². The maximum absolute atomic E-state index is 5.55. The van der Waals surface area contributed by atoms with Crippen LogP contribution >= 0.6 is 24.0 Å². The quantitative estimate of drug-likeness (QED) is 0.592. The van der Waals surface area contributed by atoms with Crippen LogP contribution in [0.2, 0.25) is 0 Å². The third-order valence-corrected chi connectivity index (χ3v) is 4.28. The van der Waals surface area contributed by atoms with E-state index in [4.69, 9.17) is 12.2 Å². The monoisotopic (exact) mass is 271 g/mol. The first kappa shape index (κ1) is 11.8. The summed E-state index contributed by atoms with van der Waals surface area (Å²) in [4.78, 5) is 0. The van der Waals surface area contributed by atoms with Gasteiger partial charge in [-0.25, -0.2) is 0 Å². The zero-order valence-corrected chi connectivity index (χ0v) is 11.7. The van der Waals surface area contributed by atoms with Gasteiger partial charge in [0.05, 0.1) is 11.0 Å². The lowest BCUT2D eigenvalue weighted by atomic mass is 10.2. The first-order chi connectivity index (χ1) is 8.83. The SMILES string of the molecule is CCSC(=S)n1c2ccccc2c2ccccc21. The van der Waals surface area contributed by atoms with Crippen molar-refractivity contribution < 1.29 is 0 Å². The molecule has 90 valence electrons. The van der Waals surface area contributed by atoms with E-state index in [-0.39, 0.29) is 0 Å². The summed E-state index contributed by atoms with van der Waals surface area (Å²) in [5.74, 6) is 1.000. The molecule has 0 atom stereocenters. The molecular weight excluding hydrogens is 258 g/mol. The maximum atomic E-state index is 5.55. The van der Waals surface area contributed by atoms with Gasteiger partial charge < -0.3 is 0 Å². The summed E-state index contributed by atoms with van der Waals surface area (Å²) >= 11 is 7.27. The van der Waals surface area contributed by atoms with Gasteiger partial charge in [0.15, 0.2) is 0 Å². The van der Waals surface area contributed by atoms with E-state index in [2.05, 4.69) is 60.0 Å². The topological polar surface area (TPSA) is 4.93 Å². The Bertz CT molecular complexity index is 674. The summed E-state index contributed by atoms with van der Waals surface area (Å²) in [6.45, 7) is 2.13. The van der Waals surface area contributed by atoms with Crippen LogP contribution in [-0.4, -0.2) is 14.6 Å². The van der Waals surface area contributed by atoms with Crippen molar-refractivity contribution in [1.82, 2.24) is 4.57 Å². The fourth-order valence-electron chi connectivity index (χ4n) is 2.31. The van der Waals surface area contributed by atoms with Crippen molar-refractivity contribution >= 4 is 50.1 Å². The van der Waals surface area contributed by atoms with Gasteiger partial charge in [-0.15, -0.1) is 0 Å². The number of thioether (sulfide) groups is 1. The number of aromatic nitrogens is 1. The number of nitrogens with zero attached hydrogens (tertiary/aromatic N) is 1. The molecule has 18 heavy (non-hydrogen) atoms. The molecule has 0 aliphatic carbocycles. The number of benzene rings is 2. The minimum Gasteiger partial charge on any atom is -0.295 e. The van der Waals surface area contributed by atoms with Crippen molar-refractivity contribution in [1.29, 1.82) is 0 Å². The Morgan fingerprint density at radius 3 is 2.00 bits per heavy atom. The van der Waals surface area contributed by atoms with E-state index in [1.165, 1.54) is 21.8 Å². The molecule has 0 unspecified atom stereocenters. The number of hydrogen-bond donors (Lipinski definition) is 0. The smallest absolute Gasteiger partial charge is 0.145 e. The zero-order chi connectivity index (χ0) is 12.5. The molecule has 2 aromatic carbocycles. The molecule has 0 bridgehead atoms. The third-order valence-electron chi connectivity index (χ3n) is 3.03. The lowest BCUT2D eigenvalue weighted by molar-refractivity contribution is 1.34. The Morgan fingerprint density at radius 1 is 1.00 bits per heavy atom. The highest BCUT2D eigenvalue weighted by molar-refractivity contribution is 8.23. The lowest BCUT2D eigenvalue weighted by Gasteiger charge is -2.06. The van der Waals surface area contributed by atoms with Crippen LogP contribution in [0.3, 0.4) is 0 Å². The molecule has 0 radical (unpaired) electrons. The highest BCUT2D eigenvalue weighted by Crippen LogP contribution is 2.30. The second kappa shape index (κ2) is 4.75. The van der Waals surface area contributed by atoms with Crippen LogP contribution < -0.4 is 0 Å². The van der Waals surface area contributed by atoms with Crippen molar-refractivity contribution in [3.8, 4) is 0 Å². The fourth-order valence-corrected chi connectivity index (χ4v) is 3.43. The van der Waals surface area contributed by atoms with E-state index in [0.29, 0.717) is 0 Å². The summed E-state index contributed by atoms with van der Waals surface area (Å²) in [5, 5.41) is 2.54. The molecule has 0 amide bonds. The highest BCUT2D eigenvalue weighted by atomic mass is 32.2. The summed E-state index contributed by atoms with van der Waals surface area (Å²) in [6, 6.07) is 16.9. The second-order valence-electron chi connectivity index (χ2n) is 4.07. The predicted octanol–water partition coefficient (Wildman–Crippen LogP) is 4.68. The number of fused-ring (bicyclic) bond motifs is 3. The molecule has 0 fully saturated rings. The Labute approximate surface area is 116 Å². The molecule has 1 aromatic heterocycles. The Balaban J connectivity index is 2.41. The van der Waals surface area contributed by atoms with Gasteiger partial charge in [-0.2, -0.15) is 0 Å². The minimum atomic E-state index is 0.926. The maximum Gasteiger partial charge on any atom is 0.145 e. The van der Waals surface area contributed by atoms with Crippen LogP contribution in [0.4, 0.5) is 0 Å². The van der Waals surface area contributed by atoms with Crippen molar-refractivity contribution in [2.24, 2.45) is 0 Å². The number of rotatable bonds is 1. The van der Waals surface area contributed by atoms with Gasteiger partial charge in [-0.3, -0.25) is 4.57 Å². The molecule has 0 N–H and O–H groups in total. The van der Waals surface area contributed by atoms with Crippen LogP contribution in [0.15, 0.2) is 48.5 Å². The highest BCUT2D eigenvalue weighted by Gasteiger charge is 2.12. The summed E-state index contributed by atoms with van der Waals surface area (Å²) < 4.78 is 3.11. The van der Waals surface area contributed by atoms with Crippen LogP contribution in [0.25, 0.3) is 21.8 Å². The molecule has 1 nitrogen and oxygen atoms in total. The molecule has 0 saturated carbocycles. The Morgan fingerprint density at radius 2 is 1.50 bits per heavy atom. The summed E-state index contributed by atoms with van der Waals surface area (Å²) in [7, 11) is 0. The number of hydrogen-bond acceptors (Lipinski definition) is 2. The summed E-state index contributed by atoms with van der Waals surface area (Å²) in [6.07, 6.45) is 0. The first-order valence-corrected chi connectivity index (χ1v) is 7.37. The molecule has 0 aliphatic rings. The number of para-hydroxylation sites is 2. The van der Waals surface area contributed by atoms with Gasteiger partial charge in [0.2, 0.25) is 0 Å². The Hall–Kier alpha value is -1.32. The van der Waals surface area contributed by atoms with E-state index in [0.717, 1.165) is 10.1 Å². The van der Waals surface area contributed by atoms with E-state index in [1.54, 1.807) is 11.8 Å². The average molecular weight is 271 g/mol. The van der Waals surface area contributed by atoms with E-state index in [9.17, 15) is 0 Å². The number of thiocarbonyl (C=S) groups is 1. The van der Waals surface area contributed by atoms with Crippen molar-refractivity contribution in [2.45, 2.75) is 6.92 Å². The minimum absolute atomic E-state index is 0.926. The van der Waals surface area contributed by atoms with Gasteiger partial charge in [0.25, 0.3) is 0 Å². The molecule has 3 heteroatoms. The third kappa shape index (κ3) is 1.74. The van der Waals surface area contributed by atoms with E-state index < -0.39 is 0 Å². The van der Waals surface area contributed by atoms with Gasteiger partial charge in [-0.05, 0) is 17.9 Å². The van der Waals surface area contributed by atoms with Crippen LogP contribution in [0.1, 0.15) is 6.92 Å². The predicted molar refractivity (Wildman–Crippen MR) is 85.6 cm³/mol. The van der Waals surface area contributed by atoms with Crippen LogP contribution in [-0.2, 0) is 0 Å². The average Bonchev–Trinajstić information content (AvgIpc) is 2.73. The van der Waals surface area contributed by atoms with Crippen LogP contribution in [0, 0.1) is 0 Å². The van der Waals surface area contributed by atoms with Crippen LogP contribution in [0.5, 0.6) is 0 Å². The standard InChI is InChI=1S/C15H13NS2/c1-2-18-15(17)16-13-9-5-3-7-11(13)12-8-4-6-10-14(12)16/h3-10H,2H2,1H3. The van der Waals surface area contributed by atoms with E-state index >= 15 is 0 Å². The first-order valence-electron chi connectivity index (χ1n) is 5.98. The lowest BCUT2D eigenvalue weighted by Crippen LogP contribution is -2.04. The van der Waals surface area contributed by atoms with Gasteiger partial charge in [0, 0.05) is 10.8 Å². The molecule has 3 aromatic rings. The fraction of sp³-hybridized carbons (Fsp3) is 0.133. The molecule has 3 rings (SSSR count). The molecule has 0 spiro atoms. The zero-order valence-electron chi connectivity index (χ0n) is 10.1. The van der Waals surface area contributed by atoms with Gasteiger partial charge >= 0.3 is 0 Å². The van der Waals surface area contributed by atoms with Gasteiger partial charge in [-0.1, -0.05) is 67.3 Å². The normalized spacial score (nSPS) is 11.2.